The third-order valence-corrected chi connectivity index (χ3v) is 8.00. The second kappa shape index (κ2) is 9.78. The van der Waals surface area contributed by atoms with Crippen LogP contribution in [0.25, 0.3) is 22.2 Å². The van der Waals surface area contributed by atoms with Crippen molar-refractivity contribution in [3.63, 3.8) is 0 Å². The molecule has 2 saturated carbocycles. The summed E-state index contributed by atoms with van der Waals surface area (Å²) in [5.41, 5.74) is 2.51. The van der Waals surface area contributed by atoms with E-state index in [1.807, 2.05) is 6.07 Å². The number of aryl methyl sites for hydroxylation is 1. The van der Waals surface area contributed by atoms with Gasteiger partial charge in [-0.05, 0) is 80.0 Å². The van der Waals surface area contributed by atoms with Gasteiger partial charge in [-0.3, -0.25) is 9.59 Å². The molecule has 1 aromatic carbocycles. The van der Waals surface area contributed by atoms with Gasteiger partial charge in [0.1, 0.15) is 5.82 Å². The maximum Gasteiger partial charge on any atom is 0.271 e. The molecule has 2 atom stereocenters. The van der Waals surface area contributed by atoms with E-state index in [-0.39, 0.29) is 17.2 Å². The van der Waals surface area contributed by atoms with Crippen LogP contribution in [0, 0.1) is 18.7 Å². The van der Waals surface area contributed by atoms with Gasteiger partial charge in [0.2, 0.25) is 0 Å². The fourth-order valence-corrected chi connectivity index (χ4v) is 5.61. The average Bonchev–Trinajstić information content (AvgIpc) is 3.77. The first-order valence-corrected chi connectivity index (χ1v) is 13.3. The molecule has 0 aliphatic heterocycles. The fourth-order valence-electron chi connectivity index (χ4n) is 5.61. The van der Waals surface area contributed by atoms with Crippen molar-refractivity contribution >= 4 is 16.5 Å². The molecule has 1 N–H and O–H groups in total. The molecule has 0 saturated heterocycles. The minimum Gasteiger partial charge on any atom is -0.381 e. The summed E-state index contributed by atoms with van der Waals surface area (Å²) < 4.78 is 18.2. The average molecular weight is 515 g/mol. The summed E-state index contributed by atoms with van der Waals surface area (Å²) in [6.07, 6.45) is 13.3. The molecule has 2 aliphatic carbocycles. The summed E-state index contributed by atoms with van der Waals surface area (Å²) in [4.78, 5) is 34.3. The van der Waals surface area contributed by atoms with Gasteiger partial charge in [0, 0.05) is 43.8 Å². The molecular formula is C29H31FN6O2. The minimum atomic E-state index is -0.494. The molecule has 6 rings (SSSR count). The highest BCUT2D eigenvalue weighted by Crippen LogP contribution is 2.39. The van der Waals surface area contributed by atoms with E-state index in [2.05, 4.69) is 20.4 Å². The fraction of sp³-hybridized carbons (Fsp3) is 0.414. The standard InChI is InChI=1S/C29H31FN6O2/c1-17-26(15-33-35(2)28(17)37)34-22-5-3-4-18(10-22)16-36-9-8-20-11-24(25(30)12-23(20)29(36)38)27-31-13-21(14-32-27)19-6-7-19/h8-9,11-15,18-19,22,34H,3-7,10,16H2,1-2H3/t18?,22-/m0/s1. The first-order chi connectivity index (χ1) is 18.4. The summed E-state index contributed by atoms with van der Waals surface area (Å²) >= 11 is 0. The van der Waals surface area contributed by atoms with E-state index in [4.69, 9.17) is 0 Å². The van der Waals surface area contributed by atoms with Gasteiger partial charge in [0.25, 0.3) is 11.1 Å². The van der Waals surface area contributed by atoms with Crippen LogP contribution in [-0.2, 0) is 13.6 Å². The molecule has 8 nitrogen and oxygen atoms in total. The number of hydrogen-bond acceptors (Lipinski definition) is 6. The number of nitrogens with one attached hydrogen (secondary N) is 1. The molecule has 0 radical (unpaired) electrons. The number of pyridine rings is 1. The smallest absolute Gasteiger partial charge is 0.271 e. The Morgan fingerprint density at radius 2 is 1.84 bits per heavy atom. The molecule has 3 heterocycles. The largest absolute Gasteiger partial charge is 0.381 e. The van der Waals surface area contributed by atoms with Gasteiger partial charge in [-0.15, -0.1) is 0 Å². The van der Waals surface area contributed by atoms with Crippen molar-refractivity contribution in [3.8, 4) is 11.4 Å². The van der Waals surface area contributed by atoms with E-state index in [1.165, 1.54) is 10.7 Å². The zero-order valence-corrected chi connectivity index (χ0v) is 21.7. The SMILES string of the molecule is Cc1c(N[C@H]2CCCC(Cn3ccc4cc(-c5ncc(C6CC6)cn5)c(F)cc4c3=O)C2)cnn(C)c1=O. The zero-order chi connectivity index (χ0) is 26.4. The molecule has 4 aromatic rings. The predicted molar refractivity (Wildman–Crippen MR) is 145 cm³/mol. The lowest BCUT2D eigenvalue weighted by atomic mass is 9.85. The lowest BCUT2D eigenvalue weighted by Gasteiger charge is -2.31. The van der Waals surface area contributed by atoms with Crippen molar-refractivity contribution in [2.24, 2.45) is 13.0 Å². The lowest BCUT2D eigenvalue weighted by Crippen LogP contribution is -2.33. The predicted octanol–water partition coefficient (Wildman–Crippen LogP) is 4.55. The van der Waals surface area contributed by atoms with E-state index >= 15 is 4.39 Å². The molecule has 0 bridgehead atoms. The second-order valence-electron chi connectivity index (χ2n) is 10.8. The van der Waals surface area contributed by atoms with E-state index in [0.29, 0.717) is 46.1 Å². The van der Waals surface area contributed by atoms with E-state index < -0.39 is 5.82 Å². The van der Waals surface area contributed by atoms with Crippen LogP contribution in [0.2, 0.25) is 0 Å². The Bertz CT molecular complexity index is 1620. The Hall–Kier alpha value is -3.88. The minimum absolute atomic E-state index is 0.109. The maximum absolute atomic E-state index is 15.1. The third-order valence-electron chi connectivity index (χ3n) is 8.00. The molecule has 0 amide bonds. The van der Waals surface area contributed by atoms with Crippen LogP contribution in [-0.4, -0.2) is 30.4 Å². The molecule has 196 valence electrons. The Kier molecular flexibility index (Phi) is 6.29. The summed E-state index contributed by atoms with van der Waals surface area (Å²) in [6, 6.07) is 5.05. The second-order valence-corrected chi connectivity index (χ2v) is 10.8. The topological polar surface area (TPSA) is 94.7 Å². The Labute approximate surface area is 219 Å². The number of nitrogens with zero attached hydrogens (tertiary/aromatic N) is 5. The van der Waals surface area contributed by atoms with Gasteiger partial charge in [-0.1, -0.05) is 6.42 Å². The maximum atomic E-state index is 15.1. The van der Waals surface area contributed by atoms with Gasteiger partial charge in [0.15, 0.2) is 5.82 Å². The van der Waals surface area contributed by atoms with Crippen LogP contribution in [0.3, 0.4) is 0 Å². The van der Waals surface area contributed by atoms with Gasteiger partial charge < -0.3 is 9.88 Å². The number of halogens is 1. The van der Waals surface area contributed by atoms with Crippen molar-refractivity contribution in [3.05, 3.63) is 80.6 Å². The summed E-state index contributed by atoms with van der Waals surface area (Å²) in [5.74, 6) is 0.665. The van der Waals surface area contributed by atoms with Crippen molar-refractivity contribution in [1.82, 2.24) is 24.3 Å². The molecule has 2 aliphatic rings. The number of hydrogen-bond donors (Lipinski definition) is 1. The van der Waals surface area contributed by atoms with Crippen LogP contribution in [0.4, 0.5) is 10.1 Å². The Morgan fingerprint density at radius 1 is 1.05 bits per heavy atom. The van der Waals surface area contributed by atoms with Crippen molar-refractivity contribution in [1.29, 1.82) is 0 Å². The van der Waals surface area contributed by atoms with Crippen LogP contribution in [0.1, 0.15) is 55.6 Å². The van der Waals surface area contributed by atoms with Crippen molar-refractivity contribution in [2.45, 2.75) is 64.0 Å². The number of anilines is 1. The van der Waals surface area contributed by atoms with Crippen LogP contribution >= 0.6 is 0 Å². The monoisotopic (exact) mass is 514 g/mol. The van der Waals surface area contributed by atoms with E-state index in [0.717, 1.165) is 49.8 Å². The molecule has 9 heteroatoms. The van der Waals surface area contributed by atoms with Crippen LogP contribution < -0.4 is 16.4 Å². The molecule has 1 unspecified atom stereocenters. The lowest BCUT2D eigenvalue weighted by molar-refractivity contribution is 0.298. The normalized spacial score (nSPS) is 19.6. The summed E-state index contributed by atoms with van der Waals surface area (Å²) in [7, 11) is 1.64. The number of rotatable bonds is 6. The highest BCUT2D eigenvalue weighted by atomic mass is 19.1. The van der Waals surface area contributed by atoms with E-state index in [9.17, 15) is 9.59 Å². The highest BCUT2D eigenvalue weighted by molar-refractivity contribution is 5.86. The van der Waals surface area contributed by atoms with Gasteiger partial charge in [-0.2, -0.15) is 5.10 Å². The molecular weight excluding hydrogens is 483 g/mol. The first kappa shape index (κ1) is 24.5. The molecule has 0 spiro atoms. The molecule has 3 aromatic heterocycles. The Morgan fingerprint density at radius 3 is 2.61 bits per heavy atom. The zero-order valence-electron chi connectivity index (χ0n) is 21.7. The number of aromatic nitrogens is 5. The quantitative estimate of drug-likeness (QED) is 0.406. The third kappa shape index (κ3) is 4.73. The number of benzene rings is 1. The summed E-state index contributed by atoms with van der Waals surface area (Å²) in [5, 5.41) is 8.66. The van der Waals surface area contributed by atoms with Crippen LogP contribution in [0.5, 0.6) is 0 Å². The van der Waals surface area contributed by atoms with Gasteiger partial charge in [0.05, 0.1) is 22.8 Å². The van der Waals surface area contributed by atoms with Crippen LogP contribution in [0.15, 0.2) is 52.6 Å². The molecule has 2 fully saturated rings. The van der Waals surface area contributed by atoms with Crippen molar-refractivity contribution < 1.29 is 4.39 Å². The first-order valence-electron chi connectivity index (χ1n) is 13.3. The van der Waals surface area contributed by atoms with Crippen molar-refractivity contribution in [2.75, 3.05) is 5.32 Å². The Balaban J connectivity index is 1.20. The van der Waals surface area contributed by atoms with Gasteiger partial charge in [-0.25, -0.2) is 19.0 Å². The van der Waals surface area contributed by atoms with Gasteiger partial charge >= 0.3 is 0 Å². The highest BCUT2D eigenvalue weighted by Gasteiger charge is 2.25. The van der Waals surface area contributed by atoms with E-state index in [1.54, 1.807) is 49.4 Å². The molecule has 38 heavy (non-hydrogen) atoms. The summed E-state index contributed by atoms with van der Waals surface area (Å²) in [6.45, 7) is 2.37. The number of fused-ring (bicyclic) bond motifs is 1.